The monoisotopic (exact) mass is 451 g/mol. The molecule has 0 radical (unpaired) electrons. The van der Waals surface area contributed by atoms with E-state index < -0.39 is 0 Å². The highest BCUT2D eigenvalue weighted by atomic mass is 35.5. The van der Waals surface area contributed by atoms with E-state index in [1.54, 1.807) is 12.4 Å². The van der Waals surface area contributed by atoms with Crippen molar-refractivity contribution in [3.8, 4) is 0 Å². The van der Waals surface area contributed by atoms with Crippen molar-refractivity contribution in [2.45, 2.75) is 43.6 Å². The molecule has 0 amide bonds. The lowest BCUT2D eigenvalue weighted by atomic mass is 9.73. The number of nitrogens with zero attached hydrogens (tertiary/aromatic N) is 4. The number of carbonyl (C=O) groups excluding carboxylic acids is 1. The molecule has 2 aromatic heterocycles. The molecule has 0 saturated carbocycles. The van der Waals surface area contributed by atoms with Crippen LogP contribution >= 0.6 is 23.4 Å². The lowest BCUT2D eigenvalue weighted by Gasteiger charge is -2.38. The Morgan fingerprint density at radius 3 is 2.74 bits per heavy atom. The summed E-state index contributed by atoms with van der Waals surface area (Å²) in [5.74, 6) is 1.49. The van der Waals surface area contributed by atoms with E-state index in [9.17, 15) is 4.79 Å². The first-order chi connectivity index (χ1) is 14.9. The van der Waals surface area contributed by atoms with Gasteiger partial charge in [-0.05, 0) is 41.2 Å². The number of hydrogen-bond donors (Lipinski definition) is 1. The molecule has 3 heterocycles. The summed E-state index contributed by atoms with van der Waals surface area (Å²) >= 11 is 7.83. The van der Waals surface area contributed by atoms with Gasteiger partial charge in [0.15, 0.2) is 5.78 Å². The Morgan fingerprint density at radius 1 is 1.19 bits per heavy atom. The molecule has 0 bridgehead atoms. The van der Waals surface area contributed by atoms with Crippen molar-refractivity contribution in [1.82, 2.24) is 19.7 Å². The smallest absolute Gasteiger partial charge is 0.227 e. The fourth-order valence-electron chi connectivity index (χ4n) is 4.26. The van der Waals surface area contributed by atoms with Crippen LogP contribution in [-0.4, -0.2) is 25.5 Å². The number of fused-ring (bicyclic) bond motifs is 1. The summed E-state index contributed by atoms with van der Waals surface area (Å²) in [4.78, 5) is 22.1. The minimum absolute atomic E-state index is 0.0878. The second-order valence-corrected chi connectivity index (χ2v) is 10.0. The van der Waals surface area contributed by atoms with Gasteiger partial charge in [-0.1, -0.05) is 55.4 Å². The minimum atomic E-state index is -0.306. The van der Waals surface area contributed by atoms with Crippen LogP contribution in [0.1, 0.15) is 43.9 Å². The van der Waals surface area contributed by atoms with E-state index in [-0.39, 0.29) is 17.2 Å². The molecule has 8 heteroatoms. The van der Waals surface area contributed by atoms with Gasteiger partial charge in [-0.2, -0.15) is 4.98 Å². The van der Waals surface area contributed by atoms with Crippen molar-refractivity contribution in [3.05, 3.63) is 76.2 Å². The molecular formula is C23H22ClN5OS. The number of pyridine rings is 1. The molecule has 6 nitrogen and oxygen atoms in total. The fraction of sp³-hybridized carbons (Fsp3) is 0.304. The van der Waals surface area contributed by atoms with E-state index in [0.717, 1.165) is 33.8 Å². The van der Waals surface area contributed by atoms with Crippen LogP contribution in [0.4, 0.5) is 5.95 Å². The third-order valence-corrected chi connectivity index (χ3v) is 6.90. The molecule has 1 atom stereocenters. The maximum atomic E-state index is 13.2. The van der Waals surface area contributed by atoms with E-state index >= 15 is 0 Å². The van der Waals surface area contributed by atoms with Gasteiger partial charge in [-0.25, -0.2) is 4.68 Å². The van der Waals surface area contributed by atoms with Crippen molar-refractivity contribution in [3.63, 3.8) is 0 Å². The number of carbonyl (C=O) groups is 1. The summed E-state index contributed by atoms with van der Waals surface area (Å²) < 4.78 is 1.83. The molecule has 1 N–H and O–H groups in total. The van der Waals surface area contributed by atoms with Crippen LogP contribution in [0, 0.1) is 5.41 Å². The van der Waals surface area contributed by atoms with Crippen LogP contribution < -0.4 is 5.32 Å². The molecule has 1 aliphatic heterocycles. The van der Waals surface area contributed by atoms with Crippen molar-refractivity contribution >= 4 is 35.1 Å². The SMILES string of the molecule is CC1(C)CC(=O)C2=C(C1)Nc1nc(SCc3ccccc3Cl)nn1[C@@H]2c1ccncc1. The number of Topliss-reactive ketones (excluding diaryl/α,β-unsaturated/α-hetero) is 1. The van der Waals surface area contributed by atoms with E-state index in [4.69, 9.17) is 21.7 Å². The maximum Gasteiger partial charge on any atom is 0.227 e. The summed E-state index contributed by atoms with van der Waals surface area (Å²) in [6.07, 6.45) is 4.81. The van der Waals surface area contributed by atoms with E-state index in [1.807, 2.05) is 41.1 Å². The lowest BCUT2D eigenvalue weighted by molar-refractivity contribution is -0.118. The maximum absolute atomic E-state index is 13.2. The molecule has 2 aliphatic rings. The van der Waals surface area contributed by atoms with Gasteiger partial charge in [-0.3, -0.25) is 9.78 Å². The zero-order valence-electron chi connectivity index (χ0n) is 17.3. The molecule has 0 spiro atoms. The molecule has 0 unspecified atom stereocenters. The number of ketones is 1. The fourth-order valence-corrected chi connectivity index (χ4v) is 5.38. The Bertz CT molecular complexity index is 1190. The van der Waals surface area contributed by atoms with Crippen LogP contribution in [0.3, 0.4) is 0 Å². The van der Waals surface area contributed by atoms with E-state index in [2.05, 4.69) is 24.1 Å². The van der Waals surface area contributed by atoms with E-state index in [1.165, 1.54) is 11.8 Å². The second kappa shape index (κ2) is 7.80. The first-order valence-electron chi connectivity index (χ1n) is 10.2. The van der Waals surface area contributed by atoms with Gasteiger partial charge in [0.2, 0.25) is 11.1 Å². The topological polar surface area (TPSA) is 72.7 Å². The Labute approximate surface area is 190 Å². The predicted molar refractivity (Wildman–Crippen MR) is 122 cm³/mol. The average molecular weight is 452 g/mol. The molecule has 0 fully saturated rings. The number of thioether (sulfide) groups is 1. The summed E-state index contributed by atoms with van der Waals surface area (Å²) in [5, 5.41) is 9.56. The summed E-state index contributed by atoms with van der Waals surface area (Å²) in [7, 11) is 0. The van der Waals surface area contributed by atoms with Crippen LogP contribution in [0.25, 0.3) is 0 Å². The summed E-state index contributed by atoms with van der Waals surface area (Å²) in [6.45, 7) is 4.25. The summed E-state index contributed by atoms with van der Waals surface area (Å²) in [6, 6.07) is 11.4. The highest BCUT2D eigenvalue weighted by molar-refractivity contribution is 7.98. The number of rotatable bonds is 4. The van der Waals surface area contributed by atoms with Crippen molar-refractivity contribution in [2.75, 3.05) is 5.32 Å². The molecule has 3 aromatic rings. The van der Waals surface area contributed by atoms with Crippen LogP contribution in [-0.2, 0) is 10.5 Å². The standard InChI is InChI=1S/C23H22ClN5OS/c1-23(2)11-17-19(18(30)12-23)20(14-7-9-25-10-8-14)29-21(26-17)27-22(28-29)31-13-15-5-3-4-6-16(15)24/h3-10,20H,11-13H2,1-2H3,(H,26,27,28)/t20-/m1/s1. The quantitative estimate of drug-likeness (QED) is 0.544. The molecule has 158 valence electrons. The molecule has 1 aliphatic carbocycles. The Morgan fingerprint density at radius 2 is 1.97 bits per heavy atom. The predicted octanol–water partition coefficient (Wildman–Crippen LogP) is 5.28. The molecular weight excluding hydrogens is 430 g/mol. The van der Waals surface area contributed by atoms with Crippen LogP contribution in [0.15, 0.2) is 65.2 Å². The lowest BCUT2D eigenvalue weighted by Crippen LogP contribution is -2.36. The first kappa shape index (κ1) is 20.3. The van der Waals surface area contributed by atoms with Gasteiger partial charge < -0.3 is 5.32 Å². The number of benzene rings is 1. The number of anilines is 1. The highest BCUT2D eigenvalue weighted by Crippen LogP contribution is 2.45. The van der Waals surface area contributed by atoms with Gasteiger partial charge in [0, 0.05) is 40.9 Å². The number of allylic oxidation sites excluding steroid dienone is 2. The number of aromatic nitrogens is 4. The zero-order valence-corrected chi connectivity index (χ0v) is 18.9. The van der Waals surface area contributed by atoms with Gasteiger partial charge in [0.1, 0.15) is 6.04 Å². The Hall–Kier alpha value is -2.64. The zero-order chi connectivity index (χ0) is 21.6. The highest BCUT2D eigenvalue weighted by Gasteiger charge is 2.41. The van der Waals surface area contributed by atoms with Gasteiger partial charge in [0.05, 0.1) is 0 Å². The van der Waals surface area contributed by atoms with Crippen molar-refractivity contribution < 1.29 is 4.79 Å². The third-order valence-electron chi connectivity index (χ3n) is 5.65. The second-order valence-electron chi connectivity index (χ2n) is 8.68. The Balaban J connectivity index is 1.52. The van der Waals surface area contributed by atoms with E-state index in [0.29, 0.717) is 23.3 Å². The van der Waals surface area contributed by atoms with Crippen LogP contribution in [0.5, 0.6) is 0 Å². The normalized spacial score (nSPS) is 19.6. The van der Waals surface area contributed by atoms with Gasteiger partial charge in [-0.15, -0.1) is 5.10 Å². The Kier molecular flexibility index (Phi) is 5.10. The number of nitrogens with one attached hydrogen (secondary N) is 1. The average Bonchev–Trinajstić information content (AvgIpc) is 3.14. The largest absolute Gasteiger partial charge is 0.328 e. The van der Waals surface area contributed by atoms with Crippen molar-refractivity contribution in [2.24, 2.45) is 5.41 Å². The minimum Gasteiger partial charge on any atom is -0.328 e. The van der Waals surface area contributed by atoms with Crippen molar-refractivity contribution in [1.29, 1.82) is 0 Å². The summed E-state index contributed by atoms with van der Waals surface area (Å²) in [5.41, 5.74) is 3.66. The molecule has 31 heavy (non-hydrogen) atoms. The van der Waals surface area contributed by atoms with Gasteiger partial charge >= 0.3 is 0 Å². The number of halogens is 1. The van der Waals surface area contributed by atoms with Gasteiger partial charge in [0.25, 0.3) is 0 Å². The molecule has 1 aromatic carbocycles. The van der Waals surface area contributed by atoms with Crippen LogP contribution in [0.2, 0.25) is 5.02 Å². The first-order valence-corrected chi connectivity index (χ1v) is 11.5. The molecule has 0 saturated heterocycles. The third kappa shape index (κ3) is 3.88. The number of hydrogen-bond acceptors (Lipinski definition) is 6. The molecule has 5 rings (SSSR count).